The van der Waals surface area contributed by atoms with Crippen LogP contribution in [-0.2, 0) is 4.79 Å². The van der Waals surface area contributed by atoms with E-state index < -0.39 is 0 Å². The zero-order valence-electron chi connectivity index (χ0n) is 10.2. The van der Waals surface area contributed by atoms with Crippen molar-refractivity contribution in [3.05, 3.63) is 46.4 Å². The molecule has 1 fully saturated rings. The Morgan fingerprint density at radius 1 is 1.42 bits per heavy atom. The number of ether oxygens (including phenoxy) is 1. The fourth-order valence-electron chi connectivity index (χ4n) is 1.99. The zero-order chi connectivity index (χ0) is 13.4. The molecule has 0 aromatic heterocycles. The third-order valence-corrected chi connectivity index (χ3v) is 4.12. The Morgan fingerprint density at radius 3 is 2.95 bits per heavy atom. The van der Waals surface area contributed by atoms with Crippen LogP contribution < -0.4 is 10.1 Å². The summed E-state index contributed by atoms with van der Waals surface area (Å²) in [5, 5.41) is 2.61. The molecule has 0 saturated carbocycles. The van der Waals surface area contributed by atoms with E-state index in [2.05, 4.69) is 5.32 Å². The molecule has 1 aromatic carbocycles. The summed E-state index contributed by atoms with van der Waals surface area (Å²) < 4.78 is 6.33. The van der Waals surface area contributed by atoms with Crippen molar-refractivity contribution in [1.29, 1.82) is 0 Å². The monoisotopic (exact) mass is 289 g/mol. The molecule has 1 N–H and O–H groups in total. The van der Waals surface area contributed by atoms with Gasteiger partial charge in [-0.05, 0) is 30.7 Å². The van der Waals surface area contributed by atoms with Gasteiger partial charge in [0, 0.05) is 5.56 Å². The lowest BCUT2D eigenvalue weighted by atomic mass is 10.0. The Labute approximate surface area is 120 Å². The predicted octanol–water partition coefficient (Wildman–Crippen LogP) is 2.88. The Morgan fingerprint density at radius 2 is 2.21 bits per heavy atom. The number of rotatable bonds is 1. The van der Waals surface area contributed by atoms with E-state index in [9.17, 15) is 4.79 Å². The molecule has 96 valence electrons. The average Bonchev–Trinajstić information content (AvgIpc) is 2.69. The molecule has 3 nitrogen and oxygen atoms in total. The second kappa shape index (κ2) is 4.83. The van der Waals surface area contributed by atoms with Crippen LogP contribution in [0.2, 0.25) is 0 Å². The van der Waals surface area contributed by atoms with Gasteiger partial charge in [-0.25, -0.2) is 0 Å². The largest absolute Gasteiger partial charge is 0.485 e. The van der Waals surface area contributed by atoms with Gasteiger partial charge in [-0.2, -0.15) is 0 Å². The highest BCUT2D eigenvalue weighted by atomic mass is 32.2. The van der Waals surface area contributed by atoms with Crippen LogP contribution in [-0.4, -0.2) is 16.3 Å². The highest BCUT2D eigenvalue weighted by Gasteiger charge is 2.24. The van der Waals surface area contributed by atoms with Crippen LogP contribution in [0.25, 0.3) is 6.08 Å². The maximum Gasteiger partial charge on any atom is 0.263 e. The predicted molar refractivity (Wildman–Crippen MR) is 80.9 cm³/mol. The van der Waals surface area contributed by atoms with Crippen LogP contribution in [0.1, 0.15) is 12.5 Å². The lowest BCUT2D eigenvalue weighted by Gasteiger charge is -2.22. The minimum atomic E-state index is -0.137. The molecule has 0 unspecified atom stereocenters. The first-order valence-corrected chi connectivity index (χ1v) is 7.08. The lowest BCUT2D eigenvalue weighted by molar-refractivity contribution is -0.115. The van der Waals surface area contributed by atoms with Crippen LogP contribution >= 0.6 is 24.0 Å². The van der Waals surface area contributed by atoms with E-state index in [1.807, 2.05) is 43.3 Å². The van der Waals surface area contributed by atoms with Gasteiger partial charge in [-0.3, -0.25) is 4.79 Å². The van der Waals surface area contributed by atoms with Crippen molar-refractivity contribution in [3.8, 4) is 5.75 Å². The molecule has 2 heterocycles. The molecule has 1 amide bonds. The number of nitrogens with one attached hydrogen (secondary N) is 1. The van der Waals surface area contributed by atoms with Crippen LogP contribution in [0.5, 0.6) is 5.75 Å². The number of amides is 1. The first kappa shape index (κ1) is 12.4. The van der Waals surface area contributed by atoms with Crippen LogP contribution in [0, 0.1) is 0 Å². The van der Waals surface area contributed by atoms with Crippen molar-refractivity contribution in [1.82, 2.24) is 5.32 Å². The molecule has 5 heteroatoms. The molecule has 1 aromatic rings. The van der Waals surface area contributed by atoms with Crippen molar-refractivity contribution >= 4 is 40.3 Å². The number of carbonyl (C=O) groups is 1. The van der Waals surface area contributed by atoms with Gasteiger partial charge in [0.25, 0.3) is 5.91 Å². The summed E-state index contributed by atoms with van der Waals surface area (Å²) in [5.74, 6) is 0.734. The van der Waals surface area contributed by atoms with E-state index in [-0.39, 0.29) is 12.0 Å². The number of fused-ring (bicyclic) bond motifs is 1. The topological polar surface area (TPSA) is 38.3 Å². The molecule has 2 aliphatic rings. The van der Waals surface area contributed by atoms with Crippen molar-refractivity contribution in [2.24, 2.45) is 0 Å². The van der Waals surface area contributed by atoms with Gasteiger partial charge < -0.3 is 10.1 Å². The minimum absolute atomic E-state index is 0.0787. The second-order valence-electron chi connectivity index (χ2n) is 4.29. The first-order valence-electron chi connectivity index (χ1n) is 5.85. The molecule has 0 radical (unpaired) electrons. The number of thiocarbonyl (C=S) groups is 1. The van der Waals surface area contributed by atoms with Gasteiger partial charge in [0.1, 0.15) is 16.2 Å². The standard InChI is InChI=1S/C14H11NO2S2/c1-8-10(7-12-13(16)15-14(18)19-12)6-9-4-2-3-5-11(9)17-8/h2-8H,1H3,(H,15,16,18)/b12-7-/t8-/m1/s1. The fourth-order valence-corrected chi connectivity index (χ4v) is 3.04. The lowest BCUT2D eigenvalue weighted by Crippen LogP contribution is -2.20. The number of benzene rings is 1. The van der Waals surface area contributed by atoms with Crippen molar-refractivity contribution < 1.29 is 9.53 Å². The van der Waals surface area contributed by atoms with E-state index in [4.69, 9.17) is 17.0 Å². The van der Waals surface area contributed by atoms with Crippen LogP contribution in [0.4, 0.5) is 0 Å². The number of thioether (sulfide) groups is 1. The van der Waals surface area contributed by atoms with Gasteiger partial charge in [0.2, 0.25) is 0 Å². The summed E-state index contributed by atoms with van der Waals surface area (Å²) in [4.78, 5) is 12.3. The SMILES string of the molecule is C[C@H]1Oc2ccccc2C=C1/C=C1\SC(=S)NC1=O. The smallest absolute Gasteiger partial charge is 0.263 e. The summed E-state index contributed by atoms with van der Waals surface area (Å²) >= 11 is 6.26. The maximum absolute atomic E-state index is 11.7. The third-order valence-electron chi connectivity index (χ3n) is 2.95. The Balaban J connectivity index is 1.97. The molecule has 0 aliphatic carbocycles. The summed E-state index contributed by atoms with van der Waals surface area (Å²) in [5.41, 5.74) is 2.00. The third kappa shape index (κ3) is 2.43. The summed E-state index contributed by atoms with van der Waals surface area (Å²) in [7, 11) is 0. The quantitative estimate of drug-likeness (QED) is 0.637. The van der Waals surface area contributed by atoms with E-state index in [1.165, 1.54) is 11.8 Å². The van der Waals surface area contributed by atoms with Crippen molar-refractivity contribution in [2.45, 2.75) is 13.0 Å². The van der Waals surface area contributed by atoms with Gasteiger partial charge in [-0.1, -0.05) is 42.2 Å². The number of hydrogen-bond acceptors (Lipinski definition) is 4. The minimum Gasteiger partial charge on any atom is -0.485 e. The summed E-state index contributed by atoms with van der Waals surface area (Å²) in [6.45, 7) is 1.97. The summed E-state index contributed by atoms with van der Waals surface area (Å²) in [6.07, 6.45) is 3.82. The van der Waals surface area contributed by atoms with Crippen LogP contribution in [0.15, 0.2) is 40.8 Å². The Kier molecular flexibility index (Phi) is 3.16. The van der Waals surface area contributed by atoms with E-state index in [0.717, 1.165) is 16.9 Å². The molecule has 0 spiro atoms. The van der Waals surface area contributed by atoms with E-state index >= 15 is 0 Å². The Hall–Kier alpha value is -1.59. The molecule has 19 heavy (non-hydrogen) atoms. The highest BCUT2D eigenvalue weighted by molar-refractivity contribution is 8.26. The number of hydrogen-bond donors (Lipinski definition) is 1. The van der Waals surface area contributed by atoms with E-state index in [1.54, 1.807) is 0 Å². The summed E-state index contributed by atoms with van der Waals surface area (Å²) in [6, 6.07) is 7.85. The van der Waals surface area contributed by atoms with Crippen molar-refractivity contribution in [3.63, 3.8) is 0 Å². The Bertz CT molecular complexity index is 634. The fraction of sp³-hybridized carbons (Fsp3) is 0.143. The molecular formula is C14H11NO2S2. The maximum atomic E-state index is 11.7. The number of carbonyl (C=O) groups excluding carboxylic acids is 1. The second-order valence-corrected chi connectivity index (χ2v) is 6.01. The number of para-hydroxylation sites is 1. The van der Waals surface area contributed by atoms with Crippen molar-refractivity contribution in [2.75, 3.05) is 0 Å². The molecule has 2 aliphatic heterocycles. The molecule has 1 atom stereocenters. The molecule has 3 rings (SSSR count). The highest BCUT2D eigenvalue weighted by Crippen LogP contribution is 2.32. The zero-order valence-corrected chi connectivity index (χ0v) is 11.8. The normalized spacial score (nSPS) is 23.7. The van der Waals surface area contributed by atoms with Gasteiger partial charge >= 0.3 is 0 Å². The average molecular weight is 289 g/mol. The van der Waals surface area contributed by atoms with Gasteiger partial charge in [0.15, 0.2) is 0 Å². The molecule has 0 bridgehead atoms. The van der Waals surface area contributed by atoms with Crippen LogP contribution in [0.3, 0.4) is 0 Å². The molecule has 1 saturated heterocycles. The molecular weight excluding hydrogens is 278 g/mol. The first-order chi connectivity index (χ1) is 9.13. The van der Waals surface area contributed by atoms with Gasteiger partial charge in [0.05, 0.1) is 4.91 Å². The van der Waals surface area contributed by atoms with Gasteiger partial charge in [-0.15, -0.1) is 0 Å². The van der Waals surface area contributed by atoms with E-state index in [0.29, 0.717) is 9.23 Å².